The van der Waals surface area contributed by atoms with E-state index in [2.05, 4.69) is 5.32 Å². The van der Waals surface area contributed by atoms with Gasteiger partial charge in [-0.1, -0.05) is 0 Å². The van der Waals surface area contributed by atoms with Crippen LogP contribution < -0.4 is 5.32 Å². The molecule has 1 heterocycles. The number of Topliss-reactive ketones (excluding diaryl/α,β-unsaturated/α-hetero) is 1. The summed E-state index contributed by atoms with van der Waals surface area (Å²) < 4.78 is 4.72. The van der Waals surface area contributed by atoms with Crippen LogP contribution in [-0.2, 0) is 19.1 Å². The number of ketones is 1. The predicted octanol–water partition coefficient (Wildman–Crippen LogP) is -0.355. The highest BCUT2D eigenvalue weighted by atomic mass is 16.5. The Hall–Kier alpha value is -1.39. The molecule has 0 aromatic carbocycles. The molecule has 2 aliphatic rings. The van der Waals surface area contributed by atoms with E-state index in [1.807, 2.05) is 0 Å². The van der Waals surface area contributed by atoms with Crippen LogP contribution in [0.2, 0.25) is 0 Å². The van der Waals surface area contributed by atoms with Gasteiger partial charge in [-0.15, -0.1) is 0 Å². The number of esters is 1. The number of hydrogen-bond donors (Lipinski definition) is 1. The van der Waals surface area contributed by atoms with Gasteiger partial charge in [0.15, 0.2) is 11.7 Å². The average Bonchev–Trinajstić information content (AvgIpc) is 2.94. The lowest BCUT2D eigenvalue weighted by molar-refractivity contribution is -0.158. The molecule has 0 radical (unpaired) electrons. The highest BCUT2D eigenvalue weighted by molar-refractivity contribution is 6.20. The highest BCUT2D eigenvalue weighted by Gasteiger charge is 2.58. The topological polar surface area (TPSA) is 72.5 Å². The third-order valence-corrected chi connectivity index (χ3v) is 3.02. The summed E-state index contributed by atoms with van der Waals surface area (Å²) in [5, 5.41) is 2.59. The molecule has 2 rings (SSSR count). The van der Waals surface area contributed by atoms with Gasteiger partial charge in [0.1, 0.15) is 0 Å². The van der Waals surface area contributed by atoms with E-state index in [1.54, 1.807) is 6.92 Å². The van der Waals surface area contributed by atoms with Gasteiger partial charge < -0.3 is 10.1 Å². The van der Waals surface area contributed by atoms with Gasteiger partial charge in [0.05, 0.1) is 6.61 Å². The standard InChI is InChI=1S/C10H13NO4/c1-2-15-9(14)6-7(12)10(3-4-10)5-11-8(6)13/h6H,2-5H2,1H3,(H,11,13). The molecule has 1 aliphatic carbocycles. The Morgan fingerprint density at radius 1 is 1.53 bits per heavy atom. The molecule has 1 unspecified atom stereocenters. The van der Waals surface area contributed by atoms with Crippen molar-refractivity contribution >= 4 is 17.7 Å². The molecule has 1 saturated carbocycles. The molecule has 1 aliphatic heterocycles. The van der Waals surface area contributed by atoms with E-state index in [1.165, 1.54) is 0 Å². The maximum atomic E-state index is 11.9. The summed E-state index contributed by atoms with van der Waals surface area (Å²) in [6.07, 6.45) is 1.53. The van der Waals surface area contributed by atoms with Crippen LogP contribution in [0.3, 0.4) is 0 Å². The van der Waals surface area contributed by atoms with E-state index in [4.69, 9.17) is 4.74 Å². The minimum atomic E-state index is -1.24. The molecule has 0 aromatic rings. The molecule has 1 atom stereocenters. The molecular weight excluding hydrogens is 198 g/mol. The van der Waals surface area contributed by atoms with Gasteiger partial charge in [0.25, 0.3) is 0 Å². The minimum absolute atomic E-state index is 0.183. The van der Waals surface area contributed by atoms with E-state index in [9.17, 15) is 14.4 Å². The van der Waals surface area contributed by atoms with Gasteiger partial charge in [-0.05, 0) is 19.8 Å². The molecule has 5 heteroatoms. The number of ether oxygens (including phenoxy) is 1. The largest absolute Gasteiger partial charge is 0.465 e. The summed E-state index contributed by atoms with van der Waals surface area (Å²) in [5.41, 5.74) is -0.453. The van der Waals surface area contributed by atoms with Crippen LogP contribution in [0.25, 0.3) is 0 Å². The first-order valence-corrected chi connectivity index (χ1v) is 5.09. The van der Waals surface area contributed by atoms with Crippen LogP contribution in [0.5, 0.6) is 0 Å². The van der Waals surface area contributed by atoms with E-state index >= 15 is 0 Å². The summed E-state index contributed by atoms with van der Waals surface area (Å²) in [6, 6.07) is 0. The zero-order valence-electron chi connectivity index (χ0n) is 8.54. The quantitative estimate of drug-likeness (QED) is 0.500. The smallest absolute Gasteiger partial charge is 0.326 e. The summed E-state index contributed by atoms with van der Waals surface area (Å²) in [7, 11) is 0. The van der Waals surface area contributed by atoms with Gasteiger partial charge >= 0.3 is 5.97 Å². The SMILES string of the molecule is CCOC(=O)C1C(=O)NCC2(CC2)C1=O. The van der Waals surface area contributed by atoms with Crippen molar-refractivity contribution in [3.63, 3.8) is 0 Å². The molecule has 1 N–H and O–H groups in total. The average molecular weight is 211 g/mol. The Kier molecular flexibility index (Phi) is 2.25. The summed E-state index contributed by atoms with van der Waals surface area (Å²) >= 11 is 0. The fourth-order valence-electron chi connectivity index (χ4n) is 1.88. The Balaban J connectivity index is 2.16. The third kappa shape index (κ3) is 1.52. The maximum absolute atomic E-state index is 11.9. The molecular formula is C10H13NO4. The fourth-order valence-corrected chi connectivity index (χ4v) is 1.88. The first-order chi connectivity index (χ1) is 7.10. The number of rotatable bonds is 2. The minimum Gasteiger partial charge on any atom is -0.465 e. The van der Waals surface area contributed by atoms with Crippen LogP contribution in [-0.4, -0.2) is 30.8 Å². The number of piperidine rings is 1. The third-order valence-electron chi connectivity index (χ3n) is 3.02. The lowest BCUT2D eigenvalue weighted by Gasteiger charge is -2.26. The highest BCUT2D eigenvalue weighted by Crippen LogP contribution is 2.49. The Bertz CT molecular complexity index is 332. The second kappa shape index (κ2) is 3.32. The fraction of sp³-hybridized carbons (Fsp3) is 0.700. The second-order valence-electron chi connectivity index (χ2n) is 4.05. The zero-order valence-corrected chi connectivity index (χ0v) is 8.54. The van der Waals surface area contributed by atoms with Gasteiger partial charge in [-0.3, -0.25) is 14.4 Å². The van der Waals surface area contributed by atoms with Crippen molar-refractivity contribution in [1.29, 1.82) is 0 Å². The van der Waals surface area contributed by atoms with E-state index < -0.39 is 23.2 Å². The number of hydrogen-bond acceptors (Lipinski definition) is 4. The van der Waals surface area contributed by atoms with Crippen LogP contribution in [0, 0.1) is 11.3 Å². The van der Waals surface area contributed by atoms with Gasteiger partial charge in [0, 0.05) is 12.0 Å². The van der Waals surface area contributed by atoms with Crippen molar-refractivity contribution in [2.75, 3.05) is 13.2 Å². The number of carbonyl (C=O) groups excluding carboxylic acids is 3. The monoisotopic (exact) mass is 211 g/mol. The molecule has 2 fully saturated rings. The van der Waals surface area contributed by atoms with E-state index in [-0.39, 0.29) is 12.4 Å². The van der Waals surface area contributed by atoms with Crippen molar-refractivity contribution in [1.82, 2.24) is 5.32 Å². The van der Waals surface area contributed by atoms with E-state index in [0.29, 0.717) is 6.54 Å². The molecule has 1 amide bonds. The van der Waals surface area contributed by atoms with Crippen LogP contribution in [0.15, 0.2) is 0 Å². The summed E-state index contributed by atoms with van der Waals surface area (Å²) in [4.78, 5) is 34.7. The molecule has 15 heavy (non-hydrogen) atoms. The molecule has 1 saturated heterocycles. The first kappa shape index (κ1) is 10.1. The first-order valence-electron chi connectivity index (χ1n) is 5.09. The van der Waals surface area contributed by atoms with Crippen molar-refractivity contribution in [2.24, 2.45) is 11.3 Å². The number of carbonyl (C=O) groups is 3. The summed E-state index contributed by atoms with van der Waals surface area (Å²) in [6.45, 7) is 2.21. The maximum Gasteiger partial charge on any atom is 0.326 e. The Labute approximate surface area is 87.2 Å². The normalized spacial score (nSPS) is 27.4. The predicted molar refractivity (Wildman–Crippen MR) is 49.8 cm³/mol. The second-order valence-corrected chi connectivity index (χ2v) is 4.05. The zero-order chi connectivity index (χ0) is 11.1. The van der Waals surface area contributed by atoms with Crippen molar-refractivity contribution in [2.45, 2.75) is 19.8 Å². The van der Waals surface area contributed by atoms with E-state index in [0.717, 1.165) is 12.8 Å². The van der Waals surface area contributed by atoms with Gasteiger partial charge in [0.2, 0.25) is 5.91 Å². The molecule has 0 aromatic heterocycles. The number of amides is 1. The Morgan fingerprint density at radius 3 is 2.73 bits per heavy atom. The van der Waals surface area contributed by atoms with Crippen LogP contribution >= 0.6 is 0 Å². The molecule has 5 nitrogen and oxygen atoms in total. The molecule has 1 spiro atoms. The van der Waals surface area contributed by atoms with Crippen molar-refractivity contribution < 1.29 is 19.1 Å². The lowest BCUT2D eigenvalue weighted by atomic mass is 9.86. The van der Waals surface area contributed by atoms with Crippen LogP contribution in [0.1, 0.15) is 19.8 Å². The van der Waals surface area contributed by atoms with Crippen molar-refractivity contribution in [3.8, 4) is 0 Å². The van der Waals surface area contributed by atoms with Gasteiger partial charge in [-0.25, -0.2) is 0 Å². The molecule has 0 bridgehead atoms. The summed E-state index contributed by atoms with van der Waals surface area (Å²) in [5.74, 6) is -2.73. The number of nitrogens with one attached hydrogen (secondary N) is 1. The Morgan fingerprint density at radius 2 is 2.20 bits per heavy atom. The molecule has 82 valence electrons. The lowest BCUT2D eigenvalue weighted by Crippen LogP contribution is -2.52. The van der Waals surface area contributed by atoms with Crippen LogP contribution in [0.4, 0.5) is 0 Å². The van der Waals surface area contributed by atoms with Gasteiger partial charge in [-0.2, -0.15) is 0 Å². The van der Waals surface area contributed by atoms with Crippen molar-refractivity contribution in [3.05, 3.63) is 0 Å².